The van der Waals surface area contributed by atoms with E-state index in [1.807, 2.05) is 13.8 Å². The first-order chi connectivity index (χ1) is 11.2. The monoisotopic (exact) mass is 343 g/mol. The van der Waals surface area contributed by atoms with Crippen LogP contribution in [0.3, 0.4) is 0 Å². The minimum Gasteiger partial charge on any atom is -0.363 e. The average Bonchev–Trinajstić information content (AvgIpc) is 2.52. The standard InChI is InChI=1S/C16H20F3N3O2/c1-12(2)5-6-20-7-9-21(10-8-20)14-4-3-13(16(17,18)19)11-15(14)22(23)24/h3-5,11H,6-10H2,1-2H3. The SMILES string of the molecule is CC(C)=CCN1CCN(c2ccc(C(F)(F)F)cc2[N+](=O)[O-])CC1. The molecule has 1 aromatic rings. The minimum atomic E-state index is -4.59. The number of benzene rings is 1. The lowest BCUT2D eigenvalue weighted by atomic mass is 10.1. The Labute approximate surface area is 138 Å². The summed E-state index contributed by atoms with van der Waals surface area (Å²) < 4.78 is 38.3. The summed E-state index contributed by atoms with van der Waals surface area (Å²) in [5, 5.41) is 11.2. The summed E-state index contributed by atoms with van der Waals surface area (Å²) in [6, 6.07) is 2.72. The molecule has 0 N–H and O–H groups in total. The van der Waals surface area contributed by atoms with Crippen LogP contribution in [0, 0.1) is 10.1 Å². The molecule has 24 heavy (non-hydrogen) atoms. The van der Waals surface area contributed by atoms with Crippen molar-refractivity contribution in [1.29, 1.82) is 0 Å². The van der Waals surface area contributed by atoms with E-state index in [0.717, 1.165) is 12.6 Å². The number of halogens is 3. The molecule has 8 heteroatoms. The first kappa shape index (κ1) is 18.3. The van der Waals surface area contributed by atoms with Crippen molar-refractivity contribution < 1.29 is 18.1 Å². The number of piperazine rings is 1. The number of allylic oxidation sites excluding steroid dienone is 1. The van der Waals surface area contributed by atoms with Crippen LogP contribution in [0.4, 0.5) is 24.5 Å². The molecule has 1 saturated heterocycles. The fourth-order valence-corrected chi connectivity index (χ4v) is 2.60. The molecule has 132 valence electrons. The van der Waals surface area contributed by atoms with Gasteiger partial charge in [0, 0.05) is 38.8 Å². The lowest BCUT2D eigenvalue weighted by Crippen LogP contribution is -2.46. The number of hydrogen-bond donors (Lipinski definition) is 0. The van der Waals surface area contributed by atoms with E-state index in [9.17, 15) is 23.3 Å². The van der Waals surface area contributed by atoms with Crippen molar-refractivity contribution in [3.05, 3.63) is 45.5 Å². The number of alkyl halides is 3. The highest BCUT2D eigenvalue weighted by Crippen LogP contribution is 2.36. The summed E-state index contributed by atoms with van der Waals surface area (Å²) in [6.45, 7) is 7.35. The summed E-state index contributed by atoms with van der Waals surface area (Å²) in [5.74, 6) is 0. The molecule has 1 aliphatic rings. The van der Waals surface area contributed by atoms with Crippen LogP contribution in [0.25, 0.3) is 0 Å². The molecule has 1 fully saturated rings. The molecule has 0 amide bonds. The second-order valence-electron chi connectivity index (χ2n) is 6.03. The van der Waals surface area contributed by atoms with Gasteiger partial charge in [-0.1, -0.05) is 11.6 Å². The number of anilines is 1. The van der Waals surface area contributed by atoms with E-state index in [2.05, 4.69) is 11.0 Å². The van der Waals surface area contributed by atoms with Crippen LogP contribution >= 0.6 is 0 Å². The molecule has 0 radical (unpaired) electrons. The molecule has 0 spiro atoms. The number of nitro groups is 1. The van der Waals surface area contributed by atoms with E-state index in [4.69, 9.17) is 0 Å². The third-order valence-corrected chi connectivity index (χ3v) is 3.97. The van der Waals surface area contributed by atoms with Crippen LogP contribution in [0.5, 0.6) is 0 Å². The van der Waals surface area contributed by atoms with Gasteiger partial charge in [-0.2, -0.15) is 13.2 Å². The molecule has 0 bridgehead atoms. The highest BCUT2D eigenvalue weighted by atomic mass is 19.4. The molecule has 1 aromatic carbocycles. The van der Waals surface area contributed by atoms with Crippen molar-refractivity contribution in [2.24, 2.45) is 0 Å². The predicted octanol–water partition coefficient (Wildman–Crippen LogP) is 3.70. The first-order valence-electron chi connectivity index (χ1n) is 7.65. The van der Waals surface area contributed by atoms with Gasteiger partial charge in [0.25, 0.3) is 5.69 Å². The molecule has 0 saturated carbocycles. The highest BCUT2D eigenvalue weighted by molar-refractivity contribution is 5.65. The third kappa shape index (κ3) is 4.47. The van der Waals surface area contributed by atoms with E-state index in [1.165, 1.54) is 11.6 Å². The Morgan fingerprint density at radius 3 is 2.38 bits per heavy atom. The van der Waals surface area contributed by atoms with Gasteiger partial charge in [-0.3, -0.25) is 15.0 Å². The fourth-order valence-electron chi connectivity index (χ4n) is 2.60. The molecule has 2 rings (SSSR count). The minimum absolute atomic E-state index is 0.245. The largest absolute Gasteiger partial charge is 0.416 e. The van der Waals surface area contributed by atoms with Crippen LogP contribution < -0.4 is 4.90 Å². The van der Waals surface area contributed by atoms with Crippen molar-refractivity contribution in [2.45, 2.75) is 20.0 Å². The molecule has 1 aliphatic heterocycles. The second kappa shape index (κ2) is 7.21. The van der Waals surface area contributed by atoms with Crippen molar-refractivity contribution in [3.8, 4) is 0 Å². The summed E-state index contributed by atoms with van der Waals surface area (Å²) in [4.78, 5) is 14.4. The Morgan fingerprint density at radius 1 is 1.25 bits per heavy atom. The van der Waals surface area contributed by atoms with Gasteiger partial charge in [0.2, 0.25) is 0 Å². The number of nitro benzene ring substituents is 1. The summed E-state index contributed by atoms with van der Waals surface area (Å²) in [6.07, 6.45) is -2.48. The smallest absolute Gasteiger partial charge is 0.363 e. The zero-order valence-corrected chi connectivity index (χ0v) is 13.6. The average molecular weight is 343 g/mol. The lowest BCUT2D eigenvalue weighted by molar-refractivity contribution is -0.384. The number of hydrogen-bond acceptors (Lipinski definition) is 4. The molecular weight excluding hydrogens is 323 g/mol. The fraction of sp³-hybridized carbons (Fsp3) is 0.500. The summed E-state index contributed by atoms with van der Waals surface area (Å²) in [5.41, 5.74) is -0.0339. The molecular formula is C16H20F3N3O2. The van der Waals surface area contributed by atoms with Crippen LogP contribution in [0.2, 0.25) is 0 Å². The van der Waals surface area contributed by atoms with Crippen LogP contribution in [0.15, 0.2) is 29.8 Å². The van der Waals surface area contributed by atoms with Gasteiger partial charge in [-0.25, -0.2) is 0 Å². The Hall–Kier alpha value is -2.09. The van der Waals surface area contributed by atoms with Crippen molar-refractivity contribution >= 4 is 11.4 Å². The quantitative estimate of drug-likeness (QED) is 0.475. The van der Waals surface area contributed by atoms with Crippen LogP contribution in [-0.4, -0.2) is 42.5 Å². The van der Waals surface area contributed by atoms with Gasteiger partial charge in [-0.05, 0) is 26.0 Å². The normalized spacial score (nSPS) is 16.1. The van der Waals surface area contributed by atoms with Gasteiger partial charge in [0.1, 0.15) is 5.69 Å². The van der Waals surface area contributed by atoms with E-state index >= 15 is 0 Å². The van der Waals surface area contributed by atoms with Gasteiger partial charge in [-0.15, -0.1) is 0 Å². The van der Waals surface area contributed by atoms with E-state index in [-0.39, 0.29) is 5.69 Å². The van der Waals surface area contributed by atoms with Crippen molar-refractivity contribution in [3.63, 3.8) is 0 Å². The van der Waals surface area contributed by atoms with Crippen LogP contribution in [0.1, 0.15) is 19.4 Å². The topological polar surface area (TPSA) is 49.6 Å². The zero-order valence-electron chi connectivity index (χ0n) is 13.6. The summed E-state index contributed by atoms with van der Waals surface area (Å²) in [7, 11) is 0. The second-order valence-corrected chi connectivity index (χ2v) is 6.03. The Bertz CT molecular complexity index is 632. The zero-order chi connectivity index (χ0) is 17.9. The van der Waals surface area contributed by atoms with E-state index < -0.39 is 22.4 Å². The maximum Gasteiger partial charge on any atom is 0.416 e. The van der Waals surface area contributed by atoms with Gasteiger partial charge in [0.05, 0.1) is 10.5 Å². The van der Waals surface area contributed by atoms with E-state index in [0.29, 0.717) is 32.2 Å². The van der Waals surface area contributed by atoms with Gasteiger partial charge >= 0.3 is 6.18 Å². The Morgan fingerprint density at radius 2 is 1.88 bits per heavy atom. The molecule has 1 heterocycles. The maximum atomic E-state index is 12.8. The maximum absolute atomic E-state index is 12.8. The van der Waals surface area contributed by atoms with Crippen molar-refractivity contribution in [2.75, 3.05) is 37.6 Å². The van der Waals surface area contributed by atoms with Gasteiger partial charge in [0.15, 0.2) is 0 Å². The third-order valence-electron chi connectivity index (χ3n) is 3.97. The summed E-state index contributed by atoms with van der Waals surface area (Å²) >= 11 is 0. The molecule has 0 unspecified atom stereocenters. The highest BCUT2D eigenvalue weighted by Gasteiger charge is 2.34. The van der Waals surface area contributed by atoms with Crippen molar-refractivity contribution in [1.82, 2.24) is 4.90 Å². The Balaban J connectivity index is 2.15. The molecule has 5 nitrogen and oxygen atoms in total. The first-order valence-corrected chi connectivity index (χ1v) is 7.65. The molecule has 0 aliphatic carbocycles. The van der Waals surface area contributed by atoms with Crippen LogP contribution in [-0.2, 0) is 6.18 Å². The van der Waals surface area contributed by atoms with E-state index in [1.54, 1.807) is 4.90 Å². The predicted molar refractivity (Wildman–Crippen MR) is 86.2 cm³/mol. The van der Waals surface area contributed by atoms with Gasteiger partial charge < -0.3 is 4.90 Å². The lowest BCUT2D eigenvalue weighted by Gasteiger charge is -2.35. The number of nitrogens with zero attached hydrogens (tertiary/aromatic N) is 3. The number of rotatable bonds is 4. The Kier molecular flexibility index (Phi) is 5.48. The molecule has 0 aromatic heterocycles. The molecule has 0 atom stereocenters.